The number of aromatic amines is 1. The highest BCUT2D eigenvalue weighted by Gasteiger charge is 1.98. The van der Waals surface area contributed by atoms with E-state index in [0.717, 1.165) is 17.8 Å². The molecule has 78 valence electrons. The zero-order chi connectivity index (χ0) is 10.7. The van der Waals surface area contributed by atoms with Gasteiger partial charge >= 0.3 is 0 Å². The minimum Gasteiger partial charge on any atom is -0.380 e. The number of rotatable bonds is 3. The van der Waals surface area contributed by atoms with E-state index in [1.54, 1.807) is 6.20 Å². The summed E-state index contributed by atoms with van der Waals surface area (Å²) < 4.78 is 0. The van der Waals surface area contributed by atoms with Gasteiger partial charge in [0.1, 0.15) is 5.15 Å². The molecule has 2 aromatic rings. The van der Waals surface area contributed by atoms with Crippen LogP contribution in [-0.4, -0.2) is 9.97 Å². The van der Waals surface area contributed by atoms with E-state index in [1.165, 1.54) is 5.56 Å². The van der Waals surface area contributed by atoms with E-state index >= 15 is 0 Å². The molecule has 2 heterocycles. The lowest BCUT2D eigenvalue weighted by molar-refractivity contribution is 1.13. The van der Waals surface area contributed by atoms with Crippen LogP contribution in [-0.2, 0) is 6.54 Å². The topological polar surface area (TPSA) is 40.7 Å². The van der Waals surface area contributed by atoms with E-state index in [4.69, 9.17) is 11.6 Å². The fraction of sp³-hybridized carbons (Fsp3) is 0.182. The standard InChI is InChI=1S/C11H12ClN3/c1-8-4-10(7-15-11(8)12)14-6-9-2-3-13-5-9/h2-5,7,13-14H,6H2,1H3. The number of halogens is 1. The van der Waals surface area contributed by atoms with E-state index in [-0.39, 0.29) is 0 Å². The van der Waals surface area contributed by atoms with Crippen molar-refractivity contribution in [1.29, 1.82) is 0 Å². The zero-order valence-corrected chi connectivity index (χ0v) is 9.17. The van der Waals surface area contributed by atoms with Crippen LogP contribution in [0.2, 0.25) is 5.15 Å². The van der Waals surface area contributed by atoms with Gasteiger partial charge in [-0.05, 0) is 30.2 Å². The van der Waals surface area contributed by atoms with Crippen LogP contribution in [0.1, 0.15) is 11.1 Å². The Labute approximate surface area is 93.5 Å². The molecule has 3 nitrogen and oxygen atoms in total. The van der Waals surface area contributed by atoms with Crippen LogP contribution in [0, 0.1) is 6.92 Å². The second kappa shape index (κ2) is 4.36. The third kappa shape index (κ3) is 2.50. The third-order valence-electron chi connectivity index (χ3n) is 2.17. The van der Waals surface area contributed by atoms with Gasteiger partial charge in [0.2, 0.25) is 0 Å². The number of aryl methyl sites for hydroxylation is 1. The van der Waals surface area contributed by atoms with Gasteiger partial charge in [0.25, 0.3) is 0 Å². The summed E-state index contributed by atoms with van der Waals surface area (Å²) in [6, 6.07) is 4.02. The second-order valence-electron chi connectivity index (χ2n) is 3.40. The summed E-state index contributed by atoms with van der Waals surface area (Å²) in [6.07, 6.45) is 5.60. The monoisotopic (exact) mass is 221 g/mol. The summed E-state index contributed by atoms with van der Waals surface area (Å²) in [4.78, 5) is 7.08. The Balaban J connectivity index is 2.02. The van der Waals surface area contributed by atoms with Crippen molar-refractivity contribution in [3.05, 3.63) is 47.0 Å². The Kier molecular flexibility index (Phi) is 2.92. The van der Waals surface area contributed by atoms with Crippen LogP contribution in [0.25, 0.3) is 0 Å². The maximum absolute atomic E-state index is 5.84. The number of hydrogen-bond acceptors (Lipinski definition) is 2. The number of hydrogen-bond donors (Lipinski definition) is 2. The van der Waals surface area contributed by atoms with E-state index in [1.807, 2.05) is 31.5 Å². The van der Waals surface area contributed by atoms with Crippen LogP contribution < -0.4 is 5.32 Å². The number of anilines is 1. The largest absolute Gasteiger partial charge is 0.380 e. The molecule has 0 spiro atoms. The average molecular weight is 222 g/mol. The predicted molar refractivity (Wildman–Crippen MR) is 62.1 cm³/mol. The molecule has 0 saturated heterocycles. The maximum atomic E-state index is 5.84. The van der Waals surface area contributed by atoms with E-state index in [0.29, 0.717) is 5.15 Å². The van der Waals surface area contributed by atoms with Gasteiger partial charge in [-0.2, -0.15) is 0 Å². The van der Waals surface area contributed by atoms with E-state index < -0.39 is 0 Å². The highest BCUT2D eigenvalue weighted by molar-refractivity contribution is 6.30. The van der Waals surface area contributed by atoms with Crippen molar-refractivity contribution >= 4 is 17.3 Å². The Bertz CT molecular complexity index is 437. The molecule has 0 bridgehead atoms. The molecular weight excluding hydrogens is 210 g/mol. The maximum Gasteiger partial charge on any atom is 0.132 e. The van der Waals surface area contributed by atoms with Gasteiger partial charge in [-0.25, -0.2) is 4.98 Å². The Morgan fingerprint density at radius 2 is 2.40 bits per heavy atom. The fourth-order valence-electron chi connectivity index (χ4n) is 1.33. The van der Waals surface area contributed by atoms with Crippen LogP contribution in [0.5, 0.6) is 0 Å². The second-order valence-corrected chi connectivity index (χ2v) is 3.76. The SMILES string of the molecule is Cc1cc(NCc2cc[nH]c2)cnc1Cl. The molecule has 2 rings (SSSR count). The highest BCUT2D eigenvalue weighted by Crippen LogP contribution is 2.16. The molecule has 0 aromatic carbocycles. The van der Waals surface area contributed by atoms with Crippen molar-refractivity contribution in [3.63, 3.8) is 0 Å². The number of nitrogens with zero attached hydrogens (tertiary/aromatic N) is 1. The Hall–Kier alpha value is -1.48. The van der Waals surface area contributed by atoms with Gasteiger partial charge in [0, 0.05) is 18.9 Å². The first-order valence-corrected chi connectivity index (χ1v) is 5.11. The molecule has 0 aliphatic heterocycles. The molecule has 15 heavy (non-hydrogen) atoms. The van der Waals surface area contributed by atoms with Crippen LogP contribution in [0.4, 0.5) is 5.69 Å². The van der Waals surface area contributed by atoms with Gasteiger partial charge in [0.05, 0.1) is 11.9 Å². The van der Waals surface area contributed by atoms with Gasteiger partial charge in [0.15, 0.2) is 0 Å². The average Bonchev–Trinajstić information content (AvgIpc) is 2.73. The van der Waals surface area contributed by atoms with Gasteiger partial charge in [-0.1, -0.05) is 11.6 Å². The van der Waals surface area contributed by atoms with Crippen LogP contribution >= 0.6 is 11.6 Å². The zero-order valence-electron chi connectivity index (χ0n) is 8.42. The van der Waals surface area contributed by atoms with Gasteiger partial charge in [-0.15, -0.1) is 0 Å². The van der Waals surface area contributed by atoms with Crippen molar-refractivity contribution in [3.8, 4) is 0 Å². The fourth-order valence-corrected chi connectivity index (χ4v) is 1.43. The molecule has 2 aromatic heterocycles. The van der Waals surface area contributed by atoms with Crippen LogP contribution in [0.3, 0.4) is 0 Å². The molecule has 0 atom stereocenters. The Morgan fingerprint density at radius 1 is 1.53 bits per heavy atom. The van der Waals surface area contributed by atoms with Gasteiger partial charge in [-0.3, -0.25) is 0 Å². The van der Waals surface area contributed by atoms with Crippen molar-refractivity contribution < 1.29 is 0 Å². The summed E-state index contributed by atoms with van der Waals surface area (Å²) in [7, 11) is 0. The number of H-pyrrole nitrogens is 1. The predicted octanol–water partition coefficient (Wildman–Crippen LogP) is 2.98. The molecule has 0 unspecified atom stereocenters. The number of pyridine rings is 1. The molecule has 0 amide bonds. The van der Waals surface area contributed by atoms with Crippen molar-refractivity contribution in [2.75, 3.05) is 5.32 Å². The lowest BCUT2D eigenvalue weighted by Crippen LogP contribution is -1.99. The molecule has 4 heteroatoms. The normalized spacial score (nSPS) is 10.3. The number of nitrogens with one attached hydrogen (secondary N) is 2. The number of aromatic nitrogens is 2. The quantitative estimate of drug-likeness (QED) is 0.783. The Morgan fingerprint density at radius 3 is 3.07 bits per heavy atom. The molecule has 0 fully saturated rings. The third-order valence-corrected chi connectivity index (χ3v) is 2.57. The molecular formula is C11H12ClN3. The summed E-state index contributed by atoms with van der Waals surface area (Å²) >= 11 is 5.84. The molecule has 2 N–H and O–H groups in total. The molecule has 0 aliphatic carbocycles. The summed E-state index contributed by atoms with van der Waals surface area (Å²) in [5.74, 6) is 0. The summed E-state index contributed by atoms with van der Waals surface area (Å²) in [5, 5.41) is 3.83. The molecule has 0 saturated carbocycles. The smallest absolute Gasteiger partial charge is 0.132 e. The van der Waals surface area contributed by atoms with Crippen LogP contribution in [0.15, 0.2) is 30.7 Å². The van der Waals surface area contributed by atoms with Crippen molar-refractivity contribution in [2.24, 2.45) is 0 Å². The first-order valence-electron chi connectivity index (χ1n) is 4.73. The minimum absolute atomic E-state index is 0.558. The van der Waals surface area contributed by atoms with E-state index in [9.17, 15) is 0 Å². The minimum atomic E-state index is 0.558. The molecule has 0 aliphatic rings. The molecule has 0 radical (unpaired) electrons. The lowest BCUT2D eigenvalue weighted by atomic mass is 10.3. The summed E-state index contributed by atoms with van der Waals surface area (Å²) in [6.45, 7) is 2.73. The summed E-state index contributed by atoms with van der Waals surface area (Å²) in [5.41, 5.74) is 3.18. The van der Waals surface area contributed by atoms with E-state index in [2.05, 4.69) is 15.3 Å². The van der Waals surface area contributed by atoms with Crippen molar-refractivity contribution in [2.45, 2.75) is 13.5 Å². The first kappa shape index (κ1) is 10.1. The lowest BCUT2D eigenvalue weighted by Gasteiger charge is -2.05. The highest BCUT2D eigenvalue weighted by atomic mass is 35.5. The van der Waals surface area contributed by atoms with Crippen molar-refractivity contribution in [1.82, 2.24) is 9.97 Å². The first-order chi connectivity index (χ1) is 7.25. The van der Waals surface area contributed by atoms with Gasteiger partial charge < -0.3 is 10.3 Å².